The molecule has 0 aliphatic rings. The van der Waals surface area contributed by atoms with E-state index in [4.69, 9.17) is 0 Å². The zero-order chi connectivity index (χ0) is 9.23. The van der Waals surface area contributed by atoms with Crippen molar-refractivity contribution in [3.05, 3.63) is 0 Å². The van der Waals surface area contributed by atoms with Crippen LogP contribution in [0.2, 0.25) is 0 Å². The topological polar surface area (TPSA) is 41.1 Å². The molecule has 0 bridgehead atoms. The minimum absolute atomic E-state index is 0.139. The number of hydrogen-bond acceptors (Lipinski definition) is 3. The van der Waals surface area contributed by atoms with Gasteiger partial charge in [0.05, 0.1) is 5.75 Å². The molecule has 12 heavy (non-hydrogen) atoms. The molecule has 0 saturated heterocycles. The van der Waals surface area contributed by atoms with Crippen molar-refractivity contribution in [1.29, 1.82) is 0 Å². The minimum Gasteiger partial charge on any atom is -0.354 e. The highest BCUT2D eigenvalue weighted by molar-refractivity contribution is 7.99. The third kappa shape index (κ3) is 7.88. The second-order valence-corrected chi connectivity index (χ2v) is 3.61. The average Bonchev–Trinajstić information content (AvgIpc) is 2.09. The molecule has 72 valence electrons. The zero-order valence-corrected chi connectivity index (χ0v) is 8.67. The first-order chi connectivity index (χ1) is 5.81. The van der Waals surface area contributed by atoms with Gasteiger partial charge in [0.2, 0.25) is 5.91 Å². The SMILES string of the molecule is CCNCCNC(=O)CSCC. The van der Waals surface area contributed by atoms with Crippen LogP contribution in [-0.2, 0) is 4.79 Å². The van der Waals surface area contributed by atoms with E-state index in [1.165, 1.54) is 0 Å². The summed E-state index contributed by atoms with van der Waals surface area (Å²) in [4.78, 5) is 11.0. The fourth-order valence-electron chi connectivity index (χ4n) is 0.713. The maximum absolute atomic E-state index is 11.0. The summed E-state index contributed by atoms with van der Waals surface area (Å²) in [6, 6.07) is 0. The molecule has 0 atom stereocenters. The summed E-state index contributed by atoms with van der Waals surface area (Å²) >= 11 is 1.65. The Balaban J connectivity index is 3.08. The van der Waals surface area contributed by atoms with Gasteiger partial charge in [0.15, 0.2) is 0 Å². The highest BCUT2D eigenvalue weighted by Gasteiger charge is 1.97. The normalized spacial score (nSPS) is 9.83. The molecule has 0 fully saturated rings. The summed E-state index contributed by atoms with van der Waals surface area (Å²) in [6.07, 6.45) is 0. The fraction of sp³-hybridized carbons (Fsp3) is 0.875. The Morgan fingerprint density at radius 3 is 2.67 bits per heavy atom. The molecule has 0 unspecified atom stereocenters. The lowest BCUT2D eigenvalue weighted by atomic mass is 10.5. The standard InChI is InChI=1S/C8H18N2OS/c1-3-9-5-6-10-8(11)7-12-4-2/h9H,3-7H2,1-2H3,(H,10,11). The van der Waals surface area contributed by atoms with Gasteiger partial charge in [-0.1, -0.05) is 13.8 Å². The van der Waals surface area contributed by atoms with Gasteiger partial charge in [0, 0.05) is 13.1 Å². The van der Waals surface area contributed by atoms with E-state index < -0.39 is 0 Å². The van der Waals surface area contributed by atoms with Gasteiger partial charge in [-0.05, 0) is 12.3 Å². The summed E-state index contributed by atoms with van der Waals surface area (Å²) in [5.74, 6) is 1.73. The molecule has 0 aromatic rings. The highest BCUT2D eigenvalue weighted by atomic mass is 32.2. The first kappa shape index (κ1) is 11.8. The Hall–Kier alpha value is -0.220. The molecule has 0 aromatic carbocycles. The minimum atomic E-state index is 0.139. The van der Waals surface area contributed by atoms with Gasteiger partial charge in [0.1, 0.15) is 0 Å². The Labute approximate surface area is 78.7 Å². The highest BCUT2D eigenvalue weighted by Crippen LogP contribution is 1.95. The number of thioether (sulfide) groups is 1. The third-order valence-corrected chi connectivity index (χ3v) is 2.19. The van der Waals surface area contributed by atoms with Crippen molar-refractivity contribution in [2.24, 2.45) is 0 Å². The summed E-state index contributed by atoms with van der Waals surface area (Å²) in [7, 11) is 0. The molecular formula is C8H18N2OS. The summed E-state index contributed by atoms with van der Waals surface area (Å²) in [5, 5.41) is 5.97. The van der Waals surface area contributed by atoms with Crippen molar-refractivity contribution < 1.29 is 4.79 Å². The molecule has 0 aromatic heterocycles. The van der Waals surface area contributed by atoms with E-state index in [0.29, 0.717) is 5.75 Å². The van der Waals surface area contributed by atoms with Crippen LogP contribution in [0.3, 0.4) is 0 Å². The van der Waals surface area contributed by atoms with Crippen molar-refractivity contribution in [2.45, 2.75) is 13.8 Å². The summed E-state index contributed by atoms with van der Waals surface area (Å²) in [6.45, 7) is 6.65. The fourth-order valence-corrected chi connectivity index (χ4v) is 1.20. The smallest absolute Gasteiger partial charge is 0.230 e. The van der Waals surface area contributed by atoms with Gasteiger partial charge in [-0.15, -0.1) is 0 Å². The molecule has 0 spiro atoms. The zero-order valence-electron chi connectivity index (χ0n) is 7.85. The molecule has 0 aliphatic heterocycles. The Morgan fingerprint density at radius 2 is 2.08 bits per heavy atom. The molecule has 0 saturated carbocycles. The molecule has 4 heteroatoms. The van der Waals surface area contributed by atoms with Crippen molar-refractivity contribution in [2.75, 3.05) is 31.1 Å². The molecular weight excluding hydrogens is 172 g/mol. The van der Waals surface area contributed by atoms with E-state index >= 15 is 0 Å². The van der Waals surface area contributed by atoms with Crippen LogP contribution in [0.15, 0.2) is 0 Å². The molecule has 0 rings (SSSR count). The lowest BCUT2D eigenvalue weighted by molar-refractivity contribution is -0.118. The molecule has 0 heterocycles. The van der Waals surface area contributed by atoms with Crippen LogP contribution in [0.25, 0.3) is 0 Å². The van der Waals surface area contributed by atoms with Crippen LogP contribution in [0.5, 0.6) is 0 Å². The van der Waals surface area contributed by atoms with E-state index in [2.05, 4.69) is 24.5 Å². The number of carbonyl (C=O) groups excluding carboxylic acids is 1. The molecule has 0 aliphatic carbocycles. The number of nitrogens with one attached hydrogen (secondary N) is 2. The van der Waals surface area contributed by atoms with Crippen molar-refractivity contribution >= 4 is 17.7 Å². The first-order valence-corrected chi connectivity index (χ1v) is 5.51. The number of amides is 1. The monoisotopic (exact) mass is 190 g/mol. The average molecular weight is 190 g/mol. The van der Waals surface area contributed by atoms with Crippen molar-refractivity contribution in [3.63, 3.8) is 0 Å². The lowest BCUT2D eigenvalue weighted by Crippen LogP contribution is -2.32. The van der Waals surface area contributed by atoms with Gasteiger partial charge >= 0.3 is 0 Å². The first-order valence-electron chi connectivity index (χ1n) is 4.36. The van der Waals surface area contributed by atoms with Crippen LogP contribution in [0.1, 0.15) is 13.8 Å². The number of hydrogen-bond donors (Lipinski definition) is 2. The van der Waals surface area contributed by atoms with Crippen molar-refractivity contribution in [3.8, 4) is 0 Å². The van der Waals surface area contributed by atoms with E-state index in [1.807, 2.05) is 0 Å². The van der Waals surface area contributed by atoms with Crippen LogP contribution in [0, 0.1) is 0 Å². The van der Waals surface area contributed by atoms with Crippen LogP contribution in [-0.4, -0.2) is 37.0 Å². The van der Waals surface area contributed by atoms with Gasteiger partial charge in [0.25, 0.3) is 0 Å². The van der Waals surface area contributed by atoms with Crippen LogP contribution >= 0.6 is 11.8 Å². The van der Waals surface area contributed by atoms with Gasteiger partial charge in [-0.25, -0.2) is 0 Å². The quantitative estimate of drug-likeness (QED) is 0.573. The summed E-state index contributed by atoms with van der Waals surface area (Å²) in [5.41, 5.74) is 0. The Bertz CT molecular complexity index is 120. The van der Waals surface area contributed by atoms with E-state index in [9.17, 15) is 4.79 Å². The van der Waals surface area contributed by atoms with Crippen LogP contribution < -0.4 is 10.6 Å². The Kier molecular flexibility index (Phi) is 8.71. The largest absolute Gasteiger partial charge is 0.354 e. The predicted molar refractivity (Wildman–Crippen MR) is 54.6 cm³/mol. The van der Waals surface area contributed by atoms with E-state index in [1.54, 1.807) is 11.8 Å². The number of carbonyl (C=O) groups is 1. The third-order valence-electron chi connectivity index (χ3n) is 1.31. The second-order valence-electron chi connectivity index (χ2n) is 2.34. The Morgan fingerprint density at radius 1 is 1.33 bits per heavy atom. The van der Waals surface area contributed by atoms with Gasteiger partial charge < -0.3 is 10.6 Å². The molecule has 1 amide bonds. The van der Waals surface area contributed by atoms with Crippen molar-refractivity contribution in [1.82, 2.24) is 10.6 Å². The van der Waals surface area contributed by atoms with Gasteiger partial charge in [-0.2, -0.15) is 11.8 Å². The predicted octanol–water partition coefficient (Wildman–Crippen LogP) is 0.465. The second kappa shape index (κ2) is 8.87. The number of rotatable bonds is 7. The maximum Gasteiger partial charge on any atom is 0.230 e. The number of likely N-dealkylation sites (N-methyl/N-ethyl adjacent to an activating group) is 1. The van der Waals surface area contributed by atoms with Gasteiger partial charge in [-0.3, -0.25) is 4.79 Å². The van der Waals surface area contributed by atoms with E-state index in [0.717, 1.165) is 25.4 Å². The molecule has 2 N–H and O–H groups in total. The molecule has 3 nitrogen and oxygen atoms in total. The maximum atomic E-state index is 11.0. The van der Waals surface area contributed by atoms with Crippen LogP contribution in [0.4, 0.5) is 0 Å². The lowest BCUT2D eigenvalue weighted by Gasteiger charge is -2.04. The summed E-state index contributed by atoms with van der Waals surface area (Å²) < 4.78 is 0. The van der Waals surface area contributed by atoms with E-state index in [-0.39, 0.29) is 5.91 Å². The molecule has 0 radical (unpaired) electrons.